The lowest BCUT2D eigenvalue weighted by Crippen LogP contribution is -2.63. The summed E-state index contributed by atoms with van der Waals surface area (Å²) >= 11 is 0. The Labute approximate surface area is 81.9 Å². The third-order valence-electron chi connectivity index (χ3n) is 2.50. The second-order valence-electron chi connectivity index (χ2n) is 3.34. The maximum Gasteiger partial charge on any atom is 0.284 e. The molecule has 1 atom stereocenters. The van der Waals surface area contributed by atoms with E-state index in [1.54, 1.807) is 0 Å². The average Bonchev–Trinajstić information content (AvgIpc) is 2.06. The van der Waals surface area contributed by atoms with Crippen molar-refractivity contribution in [1.82, 2.24) is 0 Å². The first-order valence-corrected chi connectivity index (χ1v) is 5.21. The van der Waals surface area contributed by atoms with E-state index in [4.69, 9.17) is 25.6 Å². The van der Waals surface area contributed by atoms with Gasteiger partial charge in [0.2, 0.25) is 0 Å². The van der Waals surface area contributed by atoms with E-state index in [9.17, 15) is 8.42 Å². The van der Waals surface area contributed by atoms with Crippen LogP contribution in [0.15, 0.2) is 0 Å². The molecule has 86 valence electrons. The molecule has 0 bridgehead atoms. The van der Waals surface area contributed by atoms with E-state index in [-0.39, 0.29) is 0 Å². The summed E-state index contributed by atoms with van der Waals surface area (Å²) in [5, 5.41) is 26.7. The van der Waals surface area contributed by atoms with Crippen LogP contribution in [-0.4, -0.2) is 53.0 Å². The second-order valence-corrected chi connectivity index (χ2v) is 5.13. The monoisotopic (exact) mass is 229 g/mol. The summed E-state index contributed by atoms with van der Waals surface area (Å²) in [6.07, 6.45) is 0. The van der Waals surface area contributed by atoms with Gasteiger partial charge < -0.3 is 21.1 Å². The van der Waals surface area contributed by atoms with Crippen molar-refractivity contribution >= 4 is 10.1 Å². The highest BCUT2D eigenvalue weighted by atomic mass is 32.2. The molecule has 0 aromatic heterocycles. The molecule has 0 aliphatic heterocycles. The van der Waals surface area contributed by atoms with E-state index in [0.717, 1.165) is 6.92 Å². The van der Waals surface area contributed by atoms with Crippen LogP contribution in [0, 0.1) is 5.41 Å². The summed E-state index contributed by atoms with van der Waals surface area (Å²) in [5.74, 6) is 0. The van der Waals surface area contributed by atoms with Crippen LogP contribution in [0.4, 0.5) is 0 Å². The fraction of sp³-hybridized carbons (Fsp3) is 1.00. The Morgan fingerprint density at radius 1 is 1.14 bits per heavy atom. The van der Waals surface area contributed by atoms with Crippen molar-refractivity contribution in [3.63, 3.8) is 0 Å². The normalized spacial score (nSPS) is 17.9. The van der Waals surface area contributed by atoms with Gasteiger partial charge in [0.1, 0.15) is 0 Å². The number of rotatable bonds is 5. The van der Waals surface area contributed by atoms with Crippen molar-refractivity contribution < 1.29 is 28.3 Å². The summed E-state index contributed by atoms with van der Waals surface area (Å²) in [5.41, 5.74) is 3.40. The van der Waals surface area contributed by atoms with Gasteiger partial charge in [-0.05, 0) is 6.92 Å². The van der Waals surface area contributed by atoms with Crippen molar-refractivity contribution in [3.8, 4) is 0 Å². The fourth-order valence-electron chi connectivity index (χ4n) is 0.895. The molecule has 0 aliphatic rings. The summed E-state index contributed by atoms with van der Waals surface area (Å²) in [4.78, 5) is -2.32. The van der Waals surface area contributed by atoms with Gasteiger partial charge in [-0.15, -0.1) is 0 Å². The minimum atomic E-state index is -4.70. The zero-order valence-electron chi connectivity index (χ0n) is 7.71. The van der Waals surface area contributed by atoms with Crippen molar-refractivity contribution in [2.45, 2.75) is 11.8 Å². The van der Waals surface area contributed by atoms with Gasteiger partial charge in [-0.3, -0.25) is 4.55 Å². The number of hydrogen-bond acceptors (Lipinski definition) is 6. The molecule has 8 heteroatoms. The van der Waals surface area contributed by atoms with E-state index in [1.165, 1.54) is 0 Å². The first-order valence-electron chi connectivity index (χ1n) is 3.77. The van der Waals surface area contributed by atoms with Crippen LogP contribution in [0.5, 0.6) is 0 Å². The number of hydrogen-bond donors (Lipinski definition) is 5. The van der Waals surface area contributed by atoms with Crippen LogP contribution in [0.25, 0.3) is 0 Å². The molecule has 0 saturated carbocycles. The van der Waals surface area contributed by atoms with Crippen LogP contribution in [0.1, 0.15) is 6.92 Å². The van der Waals surface area contributed by atoms with Gasteiger partial charge in [0.15, 0.2) is 4.87 Å². The van der Waals surface area contributed by atoms with Gasteiger partial charge in [0.25, 0.3) is 10.1 Å². The smallest absolute Gasteiger partial charge is 0.284 e. The molecule has 0 amide bonds. The molecule has 1 unspecified atom stereocenters. The molecule has 6 N–H and O–H groups in total. The Balaban J connectivity index is 5.42. The lowest BCUT2D eigenvalue weighted by Gasteiger charge is -2.39. The molecule has 0 heterocycles. The molecule has 14 heavy (non-hydrogen) atoms. The third kappa shape index (κ3) is 1.90. The summed E-state index contributed by atoms with van der Waals surface area (Å²) in [7, 11) is -4.70. The zero-order chi connectivity index (χ0) is 11.6. The predicted octanol–water partition coefficient (Wildman–Crippen LogP) is -2.49. The highest BCUT2D eigenvalue weighted by Gasteiger charge is 2.53. The van der Waals surface area contributed by atoms with E-state index in [0.29, 0.717) is 0 Å². The van der Waals surface area contributed by atoms with Gasteiger partial charge in [-0.25, -0.2) is 0 Å². The lowest BCUT2D eigenvalue weighted by atomic mass is 9.83. The Morgan fingerprint density at radius 2 is 1.43 bits per heavy atom. The van der Waals surface area contributed by atoms with Gasteiger partial charge in [0.05, 0.1) is 25.2 Å². The molecule has 7 nitrogen and oxygen atoms in total. The van der Waals surface area contributed by atoms with Crippen LogP contribution >= 0.6 is 0 Å². The van der Waals surface area contributed by atoms with Gasteiger partial charge in [-0.2, -0.15) is 8.42 Å². The highest BCUT2D eigenvalue weighted by Crippen LogP contribution is 2.32. The zero-order valence-corrected chi connectivity index (χ0v) is 8.53. The van der Waals surface area contributed by atoms with Crippen molar-refractivity contribution in [2.24, 2.45) is 11.1 Å². The van der Waals surface area contributed by atoms with E-state index < -0.39 is 40.2 Å². The van der Waals surface area contributed by atoms with Crippen molar-refractivity contribution in [3.05, 3.63) is 0 Å². The van der Waals surface area contributed by atoms with Gasteiger partial charge >= 0.3 is 0 Å². The molecule has 0 radical (unpaired) electrons. The average molecular weight is 229 g/mol. The molecular formula is C6H15NO6S. The summed E-state index contributed by atoms with van der Waals surface area (Å²) < 4.78 is 30.5. The second kappa shape index (κ2) is 4.09. The standard InChI is InChI=1S/C6H15NO6S/c1-5(7,14(11,12)13)6(2-8,3-9)4-10/h8-10H,2-4,7H2,1H3,(H,11,12,13). The molecule has 0 fully saturated rings. The Bertz CT molecular complexity index is 272. The largest absolute Gasteiger partial charge is 0.396 e. The molecule has 0 aromatic carbocycles. The fourth-order valence-corrected chi connectivity index (χ4v) is 1.64. The number of aliphatic hydroxyl groups is 3. The Morgan fingerprint density at radius 3 is 1.50 bits per heavy atom. The first kappa shape index (κ1) is 13.8. The topological polar surface area (TPSA) is 141 Å². The lowest BCUT2D eigenvalue weighted by molar-refractivity contribution is -0.0233. The SMILES string of the molecule is CC(N)(C(CO)(CO)CO)S(=O)(=O)O. The van der Waals surface area contributed by atoms with Crippen LogP contribution in [-0.2, 0) is 10.1 Å². The van der Waals surface area contributed by atoms with Crippen LogP contribution < -0.4 is 5.73 Å². The third-order valence-corrected chi connectivity index (χ3v) is 4.00. The molecular weight excluding hydrogens is 214 g/mol. The van der Waals surface area contributed by atoms with Crippen LogP contribution in [0.2, 0.25) is 0 Å². The quantitative estimate of drug-likeness (QED) is 0.328. The predicted molar refractivity (Wildman–Crippen MR) is 47.8 cm³/mol. The van der Waals surface area contributed by atoms with E-state index >= 15 is 0 Å². The van der Waals surface area contributed by atoms with E-state index in [1.807, 2.05) is 0 Å². The number of nitrogens with two attached hydrogens (primary N) is 1. The maximum absolute atomic E-state index is 10.9. The first-order chi connectivity index (χ1) is 6.18. The molecule has 0 saturated heterocycles. The highest BCUT2D eigenvalue weighted by molar-refractivity contribution is 7.87. The maximum atomic E-state index is 10.9. The van der Waals surface area contributed by atoms with Crippen molar-refractivity contribution in [2.75, 3.05) is 19.8 Å². The van der Waals surface area contributed by atoms with Crippen LogP contribution in [0.3, 0.4) is 0 Å². The number of aliphatic hydroxyl groups excluding tert-OH is 3. The molecule has 0 aliphatic carbocycles. The van der Waals surface area contributed by atoms with Gasteiger partial charge in [0, 0.05) is 0 Å². The van der Waals surface area contributed by atoms with E-state index in [2.05, 4.69) is 0 Å². The molecule has 0 rings (SSSR count). The minimum absolute atomic E-state index is 0.868. The Kier molecular flexibility index (Phi) is 4.02. The molecule has 0 aromatic rings. The minimum Gasteiger partial charge on any atom is -0.396 e. The Hall–Kier alpha value is -0.250. The van der Waals surface area contributed by atoms with Gasteiger partial charge in [-0.1, -0.05) is 0 Å². The van der Waals surface area contributed by atoms with Crippen molar-refractivity contribution in [1.29, 1.82) is 0 Å². The summed E-state index contributed by atoms with van der Waals surface area (Å²) in [6.45, 7) is -1.70. The summed E-state index contributed by atoms with van der Waals surface area (Å²) in [6, 6.07) is 0. The molecule has 0 spiro atoms.